The van der Waals surface area contributed by atoms with Crippen molar-refractivity contribution in [2.24, 2.45) is 5.41 Å². The summed E-state index contributed by atoms with van der Waals surface area (Å²) >= 11 is 0. The van der Waals surface area contributed by atoms with E-state index in [1.165, 1.54) is 24.8 Å². The number of aliphatic carboxylic acids is 1. The van der Waals surface area contributed by atoms with Crippen molar-refractivity contribution in [1.82, 2.24) is 4.90 Å². The van der Waals surface area contributed by atoms with Crippen LogP contribution in [0.1, 0.15) is 50.2 Å². The first-order chi connectivity index (χ1) is 9.46. The normalized spacial score (nSPS) is 29.1. The predicted molar refractivity (Wildman–Crippen MR) is 78.6 cm³/mol. The Balaban J connectivity index is 1.85. The van der Waals surface area contributed by atoms with Crippen LogP contribution in [0.5, 0.6) is 0 Å². The van der Waals surface area contributed by atoms with Crippen LogP contribution in [-0.2, 0) is 11.3 Å². The summed E-state index contributed by atoms with van der Waals surface area (Å²) in [5, 5.41) is 9.52. The van der Waals surface area contributed by atoms with Crippen LogP contribution in [0.25, 0.3) is 0 Å². The topological polar surface area (TPSA) is 40.5 Å². The minimum absolute atomic E-state index is 0.372. The van der Waals surface area contributed by atoms with E-state index in [4.69, 9.17) is 0 Å². The van der Waals surface area contributed by atoms with Gasteiger partial charge in [-0.25, -0.2) is 0 Å². The van der Waals surface area contributed by atoms with Gasteiger partial charge in [0.15, 0.2) is 0 Å². The first-order valence-corrected chi connectivity index (χ1v) is 7.51. The Labute approximate surface area is 120 Å². The molecule has 0 spiro atoms. The summed E-state index contributed by atoms with van der Waals surface area (Å²) in [6, 6.07) is 8.56. The van der Waals surface area contributed by atoms with Crippen LogP contribution >= 0.6 is 0 Å². The van der Waals surface area contributed by atoms with Crippen molar-refractivity contribution in [2.45, 2.75) is 51.6 Å². The highest BCUT2D eigenvalue weighted by Crippen LogP contribution is 2.41. The molecule has 1 heterocycles. The summed E-state index contributed by atoms with van der Waals surface area (Å²) in [6.45, 7) is 6.20. The predicted octanol–water partition coefficient (Wildman–Crippen LogP) is 3.25. The van der Waals surface area contributed by atoms with Gasteiger partial charge in [-0.2, -0.15) is 0 Å². The van der Waals surface area contributed by atoms with Crippen LogP contribution in [0.4, 0.5) is 0 Å². The molecule has 0 bridgehead atoms. The zero-order valence-electron chi connectivity index (χ0n) is 12.3. The van der Waals surface area contributed by atoms with E-state index in [1.807, 2.05) is 18.2 Å². The van der Waals surface area contributed by atoms with E-state index in [0.717, 1.165) is 12.1 Å². The highest BCUT2D eigenvalue weighted by atomic mass is 16.4. The summed E-state index contributed by atoms with van der Waals surface area (Å²) in [7, 11) is 0. The number of nitrogens with zero attached hydrogens (tertiary/aromatic N) is 1. The molecule has 1 aromatic carbocycles. The van der Waals surface area contributed by atoms with Crippen molar-refractivity contribution in [3.8, 4) is 0 Å². The molecule has 108 valence electrons. The largest absolute Gasteiger partial charge is 0.481 e. The smallest absolute Gasteiger partial charge is 0.312 e. The molecule has 0 saturated heterocycles. The molecule has 1 N–H and O–H groups in total. The third-order valence-corrected chi connectivity index (χ3v) is 4.98. The van der Waals surface area contributed by atoms with Gasteiger partial charge in [0.25, 0.3) is 0 Å². The Morgan fingerprint density at radius 2 is 2.10 bits per heavy atom. The van der Waals surface area contributed by atoms with E-state index in [9.17, 15) is 9.90 Å². The lowest BCUT2D eigenvalue weighted by Gasteiger charge is -2.37. The Kier molecular flexibility index (Phi) is 3.33. The van der Waals surface area contributed by atoms with Gasteiger partial charge in [0, 0.05) is 19.1 Å². The van der Waals surface area contributed by atoms with E-state index in [1.54, 1.807) is 0 Å². The van der Waals surface area contributed by atoms with E-state index in [-0.39, 0.29) is 5.92 Å². The third-order valence-electron chi connectivity index (χ3n) is 4.98. The summed E-state index contributed by atoms with van der Waals surface area (Å²) < 4.78 is 0. The lowest BCUT2D eigenvalue weighted by atomic mass is 9.88. The summed E-state index contributed by atoms with van der Waals surface area (Å²) in [5.74, 6) is -1.07. The van der Waals surface area contributed by atoms with E-state index < -0.39 is 5.97 Å². The minimum atomic E-state index is -0.695. The lowest BCUT2D eigenvalue weighted by Crippen LogP contribution is -2.42. The van der Waals surface area contributed by atoms with Crippen LogP contribution < -0.4 is 0 Å². The molecule has 3 heteroatoms. The van der Waals surface area contributed by atoms with Crippen LogP contribution in [0, 0.1) is 5.41 Å². The minimum Gasteiger partial charge on any atom is -0.481 e. The van der Waals surface area contributed by atoms with Gasteiger partial charge in [0.05, 0.1) is 5.92 Å². The maximum Gasteiger partial charge on any atom is 0.312 e. The maximum atomic E-state index is 11.6. The Bertz CT molecular complexity index is 523. The quantitative estimate of drug-likeness (QED) is 0.899. The molecule has 20 heavy (non-hydrogen) atoms. The van der Waals surface area contributed by atoms with Gasteiger partial charge < -0.3 is 5.11 Å². The van der Waals surface area contributed by atoms with Crippen LogP contribution in [0.3, 0.4) is 0 Å². The van der Waals surface area contributed by atoms with Crippen molar-refractivity contribution in [1.29, 1.82) is 0 Å². The molecular formula is C17H23NO2. The van der Waals surface area contributed by atoms with Crippen LogP contribution in [0.15, 0.2) is 24.3 Å². The number of carboxylic acids is 1. The number of hydrogen-bond acceptors (Lipinski definition) is 2. The number of fused-ring (bicyclic) bond motifs is 1. The Morgan fingerprint density at radius 3 is 2.75 bits per heavy atom. The van der Waals surface area contributed by atoms with Crippen LogP contribution in [-0.4, -0.2) is 28.6 Å². The second-order valence-electron chi connectivity index (χ2n) is 7.08. The van der Waals surface area contributed by atoms with Gasteiger partial charge in [-0.05, 0) is 35.8 Å². The van der Waals surface area contributed by atoms with Crippen molar-refractivity contribution in [3.63, 3.8) is 0 Å². The van der Waals surface area contributed by atoms with Crippen molar-refractivity contribution in [2.75, 3.05) is 6.54 Å². The number of carboxylic acid groups (broad SMARTS) is 1. The van der Waals surface area contributed by atoms with Crippen molar-refractivity contribution in [3.05, 3.63) is 35.4 Å². The van der Waals surface area contributed by atoms with E-state index >= 15 is 0 Å². The highest BCUT2D eigenvalue weighted by Gasteiger charge is 2.38. The summed E-state index contributed by atoms with van der Waals surface area (Å²) in [6.07, 6.45) is 3.62. The second kappa shape index (κ2) is 4.88. The summed E-state index contributed by atoms with van der Waals surface area (Å²) in [5.41, 5.74) is 2.60. The standard InChI is InChI=1S/C17H23NO2/c1-17(2)8-7-13(9-17)18-10-12-5-3-4-6-14(12)15(11-18)16(19)20/h3-6,13,15H,7-11H2,1-2H3,(H,19,20). The third kappa shape index (κ3) is 2.47. The van der Waals surface area contributed by atoms with Gasteiger partial charge >= 0.3 is 5.97 Å². The summed E-state index contributed by atoms with van der Waals surface area (Å²) in [4.78, 5) is 14.0. The Morgan fingerprint density at radius 1 is 1.35 bits per heavy atom. The molecule has 0 amide bonds. The van der Waals surface area contributed by atoms with Gasteiger partial charge in [0.2, 0.25) is 0 Å². The number of carbonyl (C=O) groups is 1. The zero-order chi connectivity index (χ0) is 14.3. The molecule has 0 aromatic heterocycles. The van der Waals surface area contributed by atoms with E-state index in [2.05, 4.69) is 24.8 Å². The molecule has 0 radical (unpaired) electrons. The second-order valence-corrected chi connectivity index (χ2v) is 7.08. The van der Waals surface area contributed by atoms with Gasteiger partial charge in [-0.3, -0.25) is 9.69 Å². The van der Waals surface area contributed by atoms with Gasteiger partial charge in [-0.1, -0.05) is 38.1 Å². The van der Waals surface area contributed by atoms with Crippen molar-refractivity contribution >= 4 is 5.97 Å². The SMILES string of the molecule is CC1(C)CCC(N2Cc3ccccc3C(C(=O)O)C2)C1. The molecule has 1 fully saturated rings. The molecule has 1 aromatic rings. The van der Waals surface area contributed by atoms with Gasteiger partial charge in [0.1, 0.15) is 0 Å². The Hall–Kier alpha value is -1.35. The van der Waals surface area contributed by atoms with Crippen molar-refractivity contribution < 1.29 is 9.90 Å². The fourth-order valence-electron chi connectivity index (χ4n) is 3.83. The molecule has 1 aliphatic heterocycles. The average molecular weight is 273 g/mol. The maximum absolute atomic E-state index is 11.6. The molecule has 2 aliphatic rings. The molecule has 3 rings (SSSR count). The van der Waals surface area contributed by atoms with Gasteiger partial charge in [-0.15, -0.1) is 0 Å². The highest BCUT2D eigenvalue weighted by molar-refractivity contribution is 5.77. The first kappa shape index (κ1) is 13.6. The molecule has 1 aliphatic carbocycles. The zero-order valence-corrected chi connectivity index (χ0v) is 12.3. The average Bonchev–Trinajstić information content (AvgIpc) is 2.77. The molecule has 2 unspecified atom stereocenters. The fourth-order valence-corrected chi connectivity index (χ4v) is 3.83. The molecular weight excluding hydrogens is 250 g/mol. The van der Waals surface area contributed by atoms with Crippen LogP contribution in [0.2, 0.25) is 0 Å². The first-order valence-electron chi connectivity index (χ1n) is 7.51. The lowest BCUT2D eigenvalue weighted by molar-refractivity contribution is -0.139. The molecule has 1 saturated carbocycles. The monoisotopic (exact) mass is 273 g/mol. The molecule has 3 nitrogen and oxygen atoms in total. The number of benzene rings is 1. The number of rotatable bonds is 2. The molecule has 2 atom stereocenters. The number of hydrogen-bond donors (Lipinski definition) is 1. The fraction of sp³-hybridized carbons (Fsp3) is 0.588. The van der Waals surface area contributed by atoms with E-state index in [0.29, 0.717) is 18.0 Å².